The van der Waals surface area contributed by atoms with Crippen LogP contribution in [0.25, 0.3) is 0 Å². The van der Waals surface area contributed by atoms with Crippen molar-refractivity contribution in [2.45, 2.75) is 19.3 Å². The van der Waals surface area contributed by atoms with Crippen LogP contribution in [0.4, 0.5) is 0 Å². The first kappa shape index (κ1) is 4.54. The van der Waals surface area contributed by atoms with E-state index >= 15 is 0 Å². The second-order valence-electron chi connectivity index (χ2n) is 3.86. The van der Waals surface area contributed by atoms with Crippen LogP contribution in [0.3, 0.4) is 0 Å². The van der Waals surface area contributed by atoms with Gasteiger partial charge in [0.2, 0.25) is 0 Å². The quantitative estimate of drug-likeness (QED) is 0.430. The molecule has 0 heteroatoms. The molecule has 9 heavy (non-hydrogen) atoms. The smallest absolute Gasteiger partial charge is 0.0171 e. The van der Waals surface area contributed by atoms with E-state index in [2.05, 4.69) is 12.2 Å². The van der Waals surface area contributed by atoms with E-state index in [1.54, 1.807) is 0 Å². The fraction of sp³-hybridized carbons (Fsp3) is 0.778. The lowest BCUT2D eigenvalue weighted by Crippen LogP contribution is -2.05. The van der Waals surface area contributed by atoms with Gasteiger partial charge in [0.15, 0.2) is 0 Å². The zero-order valence-electron chi connectivity index (χ0n) is 5.59. The molecular weight excluding hydrogens is 108 g/mol. The second kappa shape index (κ2) is 1.25. The molecular formula is C9H12. The Morgan fingerprint density at radius 1 is 1.11 bits per heavy atom. The maximum Gasteiger partial charge on any atom is -0.0171 e. The average Bonchev–Trinajstić information content (AvgIpc) is 2.50. The molecule has 0 nitrogen and oxygen atoms in total. The number of rotatable bonds is 0. The van der Waals surface area contributed by atoms with Crippen molar-refractivity contribution >= 4 is 0 Å². The predicted molar refractivity (Wildman–Crippen MR) is 37.0 cm³/mol. The lowest BCUT2D eigenvalue weighted by atomic mass is 9.89. The van der Waals surface area contributed by atoms with Gasteiger partial charge in [-0.2, -0.15) is 0 Å². The second-order valence-corrected chi connectivity index (χ2v) is 3.86. The summed E-state index contributed by atoms with van der Waals surface area (Å²) in [7, 11) is 0. The van der Waals surface area contributed by atoms with Gasteiger partial charge < -0.3 is 0 Å². The van der Waals surface area contributed by atoms with Gasteiger partial charge in [0.05, 0.1) is 0 Å². The van der Waals surface area contributed by atoms with Crippen LogP contribution in [0.1, 0.15) is 19.3 Å². The van der Waals surface area contributed by atoms with Crippen LogP contribution >= 0.6 is 0 Å². The van der Waals surface area contributed by atoms with Crippen molar-refractivity contribution in [1.29, 1.82) is 0 Å². The third-order valence-corrected chi connectivity index (χ3v) is 3.61. The van der Waals surface area contributed by atoms with Crippen molar-refractivity contribution in [3.8, 4) is 0 Å². The lowest BCUT2D eigenvalue weighted by Gasteiger charge is -2.16. The molecule has 0 saturated heterocycles. The normalized spacial score (nSPS) is 59.6. The molecule has 3 rings (SSSR count). The lowest BCUT2D eigenvalue weighted by molar-refractivity contribution is 0.398. The monoisotopic (exact) mass is 120 g/mol. The molecule has 0 radical (unpaired) electrons. The summed E-state index contributed by atoms with van der Waals surface area (Å²) in [6.45, 7) is 0. The molecule has 4 bridgehead atoms. The van der Waals surface area contributed by atoms with Gasteiger partial charge in [0.1, 0.15) is 0 Å². The molecule has 0 N–H and O–H groups in total. The van der Waals surface area contributed by atoms with Gasteiger partial charge in [-0.15, -0.1) is 0 Å². The number of hydrogen-bond acceptors (Lipinski definition) is 0. The van der Waals surface area contributed by atoms with Gasteiger partial charge in [0.25, 0.3) is 0 Å². The van der Waals surface area contributed by atoms with Gasteiger partial charge in [-0.25, -0.2) is 0 Å². The van der Waals surface area contributed by atoms with E-state index in [0.29, 0.717) is 0 Å². The summed E-state index contributed by atoms with van der Waals surface area (Å²) in [4.78, 5) is 0. The SMILES string of the molecule is C1=CC2C3CCC2C1C3. The Balaban J connectivity index is 2.10. The van der Waals surface area contributed by atoms with Crippen LogP contribution in [0.15, 0.2) is 12.2 Å². The summed E-state index contributed by atoms with van der Waals surface area (Å²) >= 11 is 0. The van der Waals surface area contributed by atoms with Crippen LogP contribution in [-0.4, -0.2) is 0 Å². The predicted octanol–water partition coefficient (Wildman–Crippen LogP) is 2.22. The van der Waals surface area contributed by atoms with Crippen molar-refractivity contribution in [1.82, 2.24) is 0 Å². The molecule has 0 aliphatic heterocycles. The number of hydrogen-bond donors (Lipinski definition) is 0. The summed E-state index contributed by atoms with van der Waals surface area (Å²) in [5.74, 6) is 4.28. The maximum absolute atomic E-state index is 2.48. The third-order valence-electron chi connectivity index (χ3n) is 3.61. The molecule has 4 unspecified atom stereocenters. The highest BCUT2D eigenvalue weighted by molar-refractivity contribution is 5.17. The Bertz CT molecular complexity index is 169. The van der Waals surface area contributed by atoms with Crippen LogP contribution in [0.5, 0.6) is 0 Å². The Kier molecular flexibility index (Phi) is 0.633. The number of allylic oxidation sites excluding steroid dienone is 2. The first-order valence-electron chi connectivity index (χ1n) is 4.13. The molecule has 3 aliphatic carbocycles. The van der Waals surface area contributed by atoms with Crippen molar-refractivity contribution < 1.29 is 0 Å². The van der Waals surface area contributed by atoms with Crippen LogP contribution < -0.4 is 0 Å². The molecule has 3 aliphatic rings. The van der Waals surface area contributed by atoms with Crippen LogP contribution in [0.2, 0.25) is 0 Å². The van der Waals surface area contributed by atoms with E-state index in [-0.39, 0.29) is 0 Å². The standard InChI is InChI=1S/C9H12/c1-3-8-7-2-4-9(8)6(1)5-7/h1,3,6-9H,2,4-5H2. The van der Waals surface area contributed by atoms with Gasteiger partial charge in [-0.05, 0) is 42.9 Å². The van der Waals surface area contributed by atoms with Gasteiger partial charge in [0, 0.05) is 0 Å². The van der Waals surface area contributed by atoms with E-state index < -0.39 is 0 Å². The average molecular weight is 120 g/mol. The minimum absolute atomic E-state index is 1.02. The minimum atomic E-state index is 1.02. The molecule has 0 aromatic carbocycles. The molecule has 4 atom stereocenters. The topological polar surface area (TPSA) is 0 Å². The summed E-state index contributed by atoms with van der Waals surface area (Å²) < 4.78 is 0. The summed E-state index contributed by atoms with van der Waals surface area (Å²) in [5.41, 5.74) is 0. The summed E-state index contributed by atoms with van der Waals surface area (Å²) in [6.07, 6.45) is 9.55. The highest BCUT2D eigenvalue weighted by atomic mass is 14.5. The third kappa shape index (κ3) is 0.385. The molecule has 0 aromatic heterocycles. The fourth-order valence-electron chi connectivity index (χ4n) is 3.23. The van der Waals surface area contributed by atoms with E-state index in [1.807, 2.05) is 0 Å². The Labute approximate surface area is 56.0 Å². The molecule has 0 spiro atoms. The largest absolute Gasteiger partial charge is 0.0848 e. The molecule has 0 amide bonds. The van der Waals surface area contributed by atoms with E-state index in [4.69, 9.17) is 0 Å². The van der Waals surface area contributed by atoms with Gasteiger partial charge in [-0.3, -0.25) is 0 Å². The zero-order valence-corrected chi connectivity index (χ0v) is 5.59. The highest BCUT2D eigenvalue weighted by Crippen LogP contribution is 2.57. The minimum Gasteiger partial charge on any atom is -0.0848 e. The molecule has 48 valence electrons. The van der Waals surface area contributed by atoms with Gasteiger partial charge >= 0.3 is 0 Å². The maximum atomic E-state index is 2.48. The van der Waals surface area contributed by atoms with Gasteiger partial charge in [-0.1, -0.05) is 12.2 Å². The molecule has 2 saturated carbocycles. The summed E-state index contributed by atoms with van der Waals surface area (Å²) in [5, 5.41) is 0. The first-order chi connectivity index (χ1) is 4.45. The highest BCUT2D eigenvalue weighted by Gasteiger charge is 2.48. The fourth-order valence-corrected chi connectivity index (χ4v) is 3.23. The molecule has 0 aromatic rings. The van der Waals surface area contributed by atoms with Crippen LogP contribution in [-0.2, 0) is 0 Å². The van der Waals surface area contributed by atoms with E-state index in [0.717, 1.165) is 23.7 Å². The van der Waals surface area contributed by atoms with Crippen molar-refractivity contribution in [3.63, 3.8) is 0 Å². The molecule has 2 fully saturated rings. The Morgan fingerprint density at radius 2 is 2.11 bits per heavy atom. The Morgan fingerprint density at radius 3 is 2.67 bits per heavy atom. The zero-order chi connectivity index (χ0) is 5.84. The Hall–Kier alpha value is -0.260. The molecule has 0 heterocycles. The van der Waals surface area contributed by atoms with E-state index in [1.165, 1.54) is 19.3 Å². The van der Waals surface area contributed by atoms with Crippen molar-refractivity contribution in [2.75, 3.05) is 0 Å². The summed E-state index contributed by atoms with van der Waals surface area (Å²) in [6, 6.07) is 0. The van der Waals surface area contributed by atoms with Crippen molar-refractivity contribution in [3.05, 3.63) is 12.2 Å². The van der Waals surface area contributed by atoms with E-state index in [9.17, 15) is 0 Å². The van der Waals surface area contributed by atoms with Crippen LogP contribution in [0, 0.1) is 23.7 Å². The first-order valence-corrected chi connectivity index (χ1v) is 4.13. The van der Waals surface area contributed by atoms with Crippen molar-refractivity contribution in [2.24, 2.45) is 23.7 Å².